The predicted octanol–water partition coefficient (Wildman–Crippen LogP) is 4.31. The van der Waals surface area contributed by atoms with Gasteiger partial charge in [0.05, 0.1) is 19.1 Å². The smallest absolute Gasteiger partial charge is 0.242 e. The van der Waals surface area contributed by atoms with E-state index in [4.69, 9.17) is 4.98 Å². The molecule has 0 aliphatic carbocycles. The average molecular weight is 582 g/mol. The third-order valence-electron chi connectivity index (χ3n) is 7.67. The highest BCUT2D eigenvalue weighted by Gasteiger charge is 2.22. The normalized spacial score (nSPS) is 16.1. The molecule has 0 bridgehead atoms. The number of aliphatic imine (C=N–C) groups is 1. The molecule has 0 radical (unpaired) electrons. The molecule has 216 valence electrons. The number of hydrogen-bond acceptors (Lipinski definition) is 7. The van der Waals surface area contributed by atoms with Crippen LogP contribution in [0.4, 0.5) is 11.5 Å². The van der Waals surface area contributed by atoms with Gasteiger partial charge in [0, 0.05) is 74.7 Å². The lowest BCUT2D eigenvalue weighted by Crippen LogP contribution is -2.49. The molecule has 11 heteroatoms. The number of fused-ring (bicyclic) bond motifs is 1. The summed E-state index contributed by atoms with van der Waals surface area (Å²) in [6.45, 7) is 5.09. The molecule has 1 amide bonds. The Morgan fingerprint density at radius 3 is 2.50 bits per heavy atom. The first kappa shape index (κ1) is 27.8. The Morgan fingerprint density at radius 1 is 1.00 bits per heavy atom. The van der Waals surface area contributed by atoms with Gasteiger partial charge in [-0.25, -0.2) is 9.98 Å². The summed E-state index contributed by atoms with van der Waals surface area (Å²) in [7, 11) is 0. The van der Waals surface area contributed by atoms with E-state index >= 15 is 0 Å². The number of carbonyl (C=O) groups excluding carboxylic acids is 1. The van der Waals surface area contributed by atoms with E-state index in [0.717, 1.165) is 41.4 Å². The van der Waals surface area contributed by atoms with E-state index in [1.807, 2.05) is 58.4 Å². The number of rotatable bonds is 8. The number of anilines is 2. The third-order valence-corrected chi connectivity index (χ3v) is 8.02. The van der Waals surface area contributed by atoms with Crippen LogP contribution in [0.25, 0.3) is 16.9 Å². The Kier molecular flexibility index (Phi) is 8.64. The minimum atomic E-state index is 0.0554. The van der Waals surface area contributed by atoms with Crippen LogP contribution in [0, 0.1) is 0 Å². The van der Waals surface area contributed by atoms with Crippen molar-refractivity contribution in [2.45, 2.75) is 12.8 Å². The fourth-order valence-corrected chi connectivity index (χ4v) is 5.73. The van der Waals surface area contributed by atoms with Gasteiger partial charge in [-0.2, -0.15) is 4.40 Å². The Bertz CT molecular complexity index is 1550. The summed E-state index contributed by atoms with van der Waals surface area (Å²) in [5, 5.41) is 3.40. The summed E-state index contributed by atoms with van der Waals surface area (Å²) < 4.78 is 6.42. The summed E-state index contributed by atoms with van der Waals surface area (Å²) in [4.78, 5) is 33.4. The molecule has 0 unspecified atom stereocenters. The van der Waals surface area contributed by atoms with Crippen molar-refractivity contribution >= 4 is 47.2 Å². The van der Waals surface area contributed by atoms with Gasteiger partial charge in [0.25, 0.3) is 0 Å². The number of nitrogens with zero attached hydrogens (tertiary/aromatic N) is 8. The maximum atomic E-state index is 13.3. The second-order valence-corrected chi connectivity index (χ2v) is 10.9. The molecule has 2 aliphatic rings. The van der Waals surface area contributed by atoms with Gasteiger partial charge >= 0.3 is 0 Å². The first-order chi connectivity index (χ1) is 20.7. The Balaban J connectivity index is 1.09. The van der Waals surface area contributed by atoms with E-state index in [1.165, 1.54) is 30.5 Å². The molecule has 0 saturated carbocycles. The summed E-state index contributed by atoms with van der Waals surface area (Å²) >= 11 is 1.39. The van der Waals surface area contributed by atoms with Gasteiger partial charge in [-0.3, -0.25) is 14.2 Å². The molecule has 2 aromatic heterocycles. The van der Waals surface area contributed by atoms with Crippen LogP contribution in [-0.4, -0.2) is 94.3 Å². The number of piperazine rings is 1. The van der Waals surface area contributed by atoms with Crippen molar-refractivity contribution in [2.75, 3.05) is 62.3 Å². The summed E-state index contributed by atoms with van der Waals surface area (Å²) in [6.07, 6.45) is 11.6. The molecule has 2 aliphatic heterocycles. The zero-order chi connectivity index (χ0) is 28.7. The van der Waals surface area contributed by atoms with Gasteiger partial charge in [0.2, 0.25) is 5.91 Å². The second-order valence-electron chi connectivity index (χ2n) is 10.3. The lowest BCUT2D eigenvalue weighted by Gasteiger charge is -2.33. The first-order valence-corrected chi connectivity index (χ1v) is 15.5. The van der Waals surface area contributed by atoms with Gasteiger partial charge in [-0.15, -0.1) is 0 Å². The number of carbonyl (C=O) groups is 1. The van der Waals surface area contributed by atoms with E-state index in [1.54, 1.807) is 12.4 Å². The zero-order valence-electron chi connectivity index (χ0n) is 23.8. The molecule has 10 nitrogen and oxygen atoms in total. The van der Waals surface area contributed by atoms with Crippen LogP contribution in [0.5, 0.6) is 0 Å². The van der Waals surface area contributed by atoms with Crippen molar-refractivity contribution in [2.24, 2.45) is 9.39 Å². The SMILES string of the molecule is CS/N=C(\N=CN1CCN(C(=O)CNc2c(-c3ccc(N4CCCC4)cc3)nc3cnccn23)CC1)c1ccccc1. The van der Waals surface area contributed by atoms with Gasteiger partial charge in [-0.1, -0.05) is 42.5 Å². The molecule has 2 saturated heterocycles. The van der Waals surface area contributed by atoms with Crippen LogP contribution in [0.2, 0.25) is 0 Å². The fraction of sp³-hybridized carbons (Fsp3) is 0.323. The standard InChI is InChI=1S/C31H35N9OS/c1-42-36-30(25-7-3-2-4-8-25)34-23-37-17-19-39(20-18-37)28(41)22-33-31-29(35-27-21-32-13-16-40(27)31)24-9-11-26(12-10-24)38-14-5-6-15-38/h2-4,7-13,16,21,23,33H,5-6,14-15,17-20,22H2,1H3/b34-23?,36-30-. The Hall–Kier alpha value is -4.38. The van der Waals surface area contributed by atoms with Crippen molar-refractivity contribution in [1.29, 1.82) is 0 Å². The van der Waals surface area contributed by atoms with Crippen molar-refractivity contribution < 1.29 is 4.79 Å². The van der Waals surface area contributed by atoms with Gasteiger partial charge < -0.3 is 20.0 Å². The lowest BCUT2D eigenvalue weighted by atomic mass is 10.1. The summed E-state index contributed by atoms with van der Waals surface area (Å²) in [5.41, 5.74) is 4.77. The van der Waals surface area contributed by atoms with Crippen LogP contribution in [0.15, 0.2) is 82.6 Å². The minimum Gasteiger partial charge on any atom is -0.372 e. The molecule has 0 atom stereocenters. The highest BCUT2D eigenvalue weighted by Crippen LogP contribution is 2.31. The molecule has 0 spiro atoms. The van der Waals surface area contributed by atoms with Crippen LogP contribution in [0.1, 0.15) is 18.4 Å². The molecule has 2 aromatic carbocycles. The van der Waals surface area contributed by atoms with Crippen LogP contribution in [-0.2, 0) is 4.79 Å². The molecule has 2 fully saturated rings. The molecule has 1 N–H and O–H groups in total. The predicted molar refractivity (Wildman–Crippen MR) is 171 cm³/mol. The molecule has 42 heavy (non-hydrogen) atoms. The number of aromatic nitrogens is 3. The maximum Gasteiger partial charge on any atom is 0.242 e. The summed E-state index contributed by atoms with van der Waals surface area (Å²) in [6, 6.07) is 18.5. The quantitative estimate of drug-likeness (QED) is 0.188. The van der Waals surface area contributed by atoms with E-state index in [-0.39, 0.29) is 12.5 Å². The van der Waals surface area contributed by atoms with E-state index in [2.05, 4.69) is 53.8 Å². The second kappa shape index (κ2) is 13.1. The Labute approximate surface area is 250 Å². The third kappa shape index (κ3) is 6.25. The number of hydrogen-bond donors (Lipinski definition) is 1. The number of benzene rings is 2. The van der Waals surface area contributed by atoms with E-state index in [9.17, 15) is 4.79 Å². The van der Waals surface area contributed by atoms with Crippen LogP contribution >= 0.6 is 11.9 Å². The molecular weight excluding hydrogens is 546 g/mol. The largest absolute Gasteiger partial charge is 0.372 e. The van der Waals surface area contributed by atoms with Crippen LogP contribution in [0.3, 0.4) is 0 Å². The van der Waals surface area contributed by atoms with Gasteiger partial charge in [0.15, 0.2) is 11.5 Å². The molecular formula is C31H35N9OS. The lowest BCUT2D eigenvalue weighted by molar-refractivity contribution is -0.130. The van der Waals surface area contributed by atoms with Gasteiger partial charge in [0.1, 0.15) is 11.5 Å². The average Bonchev–Trinajstić information content (AvgIpc) is 3.71. The minimum absolute atomic E-state index is 0.0554. The molecule has 4 heterocycles. The van der Waals surface area contributed by atoms with Crippen molar-refractivity contribution in [1.82, 2.24) is 24.2 Å². The molecule has 6 rings (SSSR count). The number of imidazole rings is 1. The number of amidine groups is 1. The molecule has 4 aromatic rings. The highest BCUT2D eigenvalue weighted by molar-refractivity contribution is 7.97. The zero-order valence-corrected chi connectivity index (χ0v) is 24.6. The number of amides is 1. The van der Waals surface area contributed by atoms with Crippen molar-refractivity contribution in [3.63, 3.8) is 0 Å². The van der Waals surface area contributed by atoms with E-state index < -0.39 is 0 Å². The van der Waals surface area contributed by atoms with Crippen LogP contribution < -0.4 is 10.2 Å². The van der Waals surface area contributed by atoms with E-state index in [0.29, 0.717) is 32.0 Å². The maximum absolute atomic E-state index is 13.3. The Morgan fingerprint density at radius 2 is 1.76 bits per heavy atom. The first-order valence-electron chi connectivity index (χ1n) is 14.3. The van der Waals surface area contributed by atoms with Gasteiger partial charge in [-0.05, 0) is 36.9 Å². The fourth-order valence-electron chi connectivity index (χ4n) is 5.40. The highest BCUT2D eigenvalue weighted by atomic mass is 32.2. The topological polar surface area (TPSA) is 93.7 Å². The summed E-state index contributed by atoms with van der Waals surface area (Å²) in [5.74, 6) is 1.54. The monoisotopic (exact) mass is 581 g/mol. The van der Waals surface area contributed by atoms with Crippen molar-refractivity contribution in [3.05, 3.63) is 78.8 Å². The number of nitrogens with one attached hydrogen (secondary N) is 1. The van der Waals surface area contributed by atoms with Crippen molar-refractivity contribution in [3.8, 4) is 11.3 Å².